The third-order valence-electron chi connectivity index (χ3n) is 1.19. The van der Waals surface area contributed by atoms with E-state index in [0.29, 0.717) is 0 Å². The predicted octanol–water partition coefficient (Wildman–Crippen LogP) is 0.559. The minimum atomic E-state index is -0.269. The van der Waals surface area contributed by atoms with Gasteiger partial charge in [-0.15, -0.1) is 0 Å². The lowest BCUT2D eigenvalue weighted by Gasteiger charge is -2.09. The van der Waals surface area contributed by atoms with E-state index in [1.807, 2.05) is 13.8 Å². The lowest BCUT2D eigenvalue weighted by atomic mass is 10.0. The van der Waals surface area contributed by atoms with Crippen LogP contribution in [-0.4, -0.2) is 11.8 Å². The fourth-order valence-electron chi connectivity index (χ4n) is 0.469. The van der Waals surface area contributed by atoms with E-state index in [-0.39, 0.29) is 17.7 Å². The maximum Gasteiger partial charge on any atom is 0.146 e. The minimum absolute atomic E-state index is 0.0694. The molecule has 0 unspecified atom stereocenters. The highest BCUT2D eigenvalue weighted by molar-refractivity contribution is 5.81. The van der Waals surface area contributed by atoms with Gasteiger partial charge in [-0.3, -0.25) is 4.79 Å². The summed E-state index contributed by atoms with van der Waals surface area (Å²) in [5.74, 6) is 0.340. The van der Waals surface area contributed by atoms with Crippen molar-refractivity contribution < 1.29 is 4.79 Å². The van der Waals surface area contributed by atoms with Crippen molar-refractivity contribution in [3.8, 4) is 0 Å². The van der Waals surface area contributed by atoms with Crippen LogP contribution in [0.3, 0.4) is 0 Å². The summed E-state index contributed by atoms with van der Waals surface area (Å²) in [4.78, 5) is 10.5. The molecule has 0 aromatic rings. The predicted molar refractivity (Wildman–Crippen MR) is 33.5 cm³/mol. The Balaban J connectivity index is 3.64. The zero-order valence-corrected chi connectivity index (χ0v) is 5.64. The Morgan fingerprint density at radius 2 is 1.88 bits per heavy atom. The highest BCUT2D eigenvalue weighted by Crippen LogP contribution is 1.97. The van der Waals surface area contributed by atoms with Crippen molar-refractivity contribution in [3.05, 3.63) is 0 Å². The van der Waals surface area contributed by atoms with Gasteiger partial charge in [0.05, 0.1) is 6.04 Å². The number of hydrogen-bond donors (Lipinski definition) is 1. The van der Waals surface area contributed by atoms with E-state index in [0.717, 1.165) is 0 Å². The van der Waals surface area contributed by atoms with E-state index in [9.17, 15) is 4.79 Å². The number of Topliss-reactive ketones (excluding diaryl/α,β-unsaturated/α-hetero) is 1. The molecule has 0 amide bonds. The first-order valence-electron chi connectivity index (χ1n) is 2.81. The van der Waals surface area contributed by atoms with Crippen molar-refractivity contribution in [2.24, 2.45) is 11.7 Å². The zero-order chi connectivity index (χ0) is 6.73. The molecule has 2 nitrogen and oxygen atoms in total. The second-order valence-corrected chi connectivity index (χ2v) is 2.38. The van der Waals surface area contributed by atoms with Crippen LogP contribution in [0.5, 0.6) is 0 Å². The molecule has 0 aliphatic carbocycles. The third kappa shape index (κ3) is 2.07. The van der Waals surface area contributed by atoms with Gasteiger partial charge in [-0.25, -0.2) is 0 Å². The molecule has 0 aliphatic heterocycles. The van der Waals surface area contributed by atoms with E-state index in [4.69, 9.17) is 5.73 Å². The number of nitrogens with two attached hydrogens (primary N) is 1. The smallest absolute Gasteiger partial charge is 0.146 e. The molecule has 0 bridgehead atoms. The lowest BCUT2D eigenvalue weighted by molar-refractivity contribution is -0.119. The summed E-state index contributed by atoms with van der Waals surface area (Å²) in [5, 5.41) is 0. The van der Waals surface area contributed by atoms with Crippen molar-refractivity contribution in [1.82, 2.24) is 0 Å². The Morgan fingerprint density at radius 1 is 1.50 bits per heavy atom. The molecule has 48 valence electrons. The minimum Gasteiger partial charge on any atom is -0.321 e. The van der Waals surface area contributed by atoms with Crippen LogP contribution >= 0.6 is 0 Å². The van der Waals surface area contributed by atoms with Gasteiger partial charge in [-0.05, 0) is 12.8 Å². The Kier molecular flexibility index (Phi) is 2.69. The summed E-state index contributed by atoms with van der Waals surface area (Å²) in [6.07, 6.45) is 0. The first-order chi connectivity index (χ1) is 3.55. The van der Waals surface area contributed by atoms with Crippen molar-refractivity contribution >= 4 is 5.78 Å². The van der Waals surface area contributed by atoms with Crippen LogP contribution in [0.25, 0.3) is 0 Å². The maximum absolute atomic E-state index is 10.5. The maximum atomic E-state index is 10.5. The van der Waals surface area contributed by atoms with Crippen LogP contribution in [0.1, 0.15) is 20.8 Å². The van der Waals surface area contributed by atoms with Gasteiger partial charge in [0, 0.05) is 0 Å². The summed E-state index contributed by atoms with van der Waals surface area (Å²) in [7, 11) is 0. The molecule has 0 aliphatic rings. The number of hydrogen-bond acceptors (Lipinski definition) is 2. The molecule has 0 aromatic carbocycles. The third-order valence-corrected chi connectivity index (χ3v) is 1.19. The highest BCUT2D eigenvalue weighted by Gasteiger charge is 2.10. The van der Waals surface area contributed by atoms with Crippen molar-refractivity contribution in [3.63, 3.8) is 0 Å². The molecule has 0 heterocycles. The Morgan fingerprint density at radius 3 is 1.88 bits per heavy atom. The number of ketones is 1. The number of rotatable bonds is 2. The molecular weight excluding hydrogens is 102 g/mol. The SMILES string of the molecule is CC(=O)[C@H](N)C(C)C. The molecule has 0 rings (SSSR count). The zero-order valence-electron chi connectivity index (χ0n) is 5.64. The van der Waals surface area contributed by atoms with Crippen molar-refractivity contribution in [2.45, 2.75) is 26.8 Å². The quantitative estimate of drug-likeness (QED) is 0.571. The first-order valence-corrected chi connectivity index (χ1v) is 2.81. The summed E-state index contributed by atoms with van der Waals surface area (Å²) in [6, 6.07) is -0.269. The van der Waals surface area contributed by atoms with Crippen LogP contribution in [0.15, 0.2) is 0 Å². The van der Waals surface area contributed by atoms with E-state index in [1.165, 1.54) is 6.92 Å². The Hall–Kier alpha value is -0.370. The van der Waals surface area contributed by atoms with Crippen LogP contribution < -0.4 is 5.73 Å². The molecular formula is C6H13NO. The van der Waals surface area contributed by atoms with Gasteiger partial charge in [0.1, 0.15) is 5.78 Å². The summed E-state index contributed by atoms with van der Waals surface area (Å²) >= 11 is 0. The van der Waals surface area contributed by atoms with Crippen molar-refractivity contribution in [1.29, 1.82) is 0 Å². The average molecular weight is 115 g/mol. The van der Waals surface area contributed by atoms with Gasteiger partial charge < -0.3 is 5.73 Å². The largest absolute Gasteiger partial charge is 0.321 e. The Bertz CT molecular complexity index is 88.5. The van der Waals surface area contributed by atoms with E-state index < -0.39 is 0 Å². The first kappa shape index (κ1) is 7.63. The topological polar surface area (TPSA) is 43.1 Å². The van der Waals surface area contributed by atoms with Crippen LogP contribution in [0.2, 0.25) is 0 Å². The van der Waals surface area contributed by atoms with Gasteiger partial charge in [0.2, 0.25) is 0 Å². The standard InChI is InChI=1S/C6H13NO/c1-4(2)6(7)5(3)8/h4,6H,7H2,1-3H3/t6-/m1/s1. The molecule has 0 spiro atoms. The molecule has 0 fully saturated rings. The fraction of sp³-hybridized carbons (Fsp3) is 0.833. The van der Waals surface area contributed by atoms with Crippen LogP contribution in [0.4, 0.5) is 0 Å². The molecule has 8 heavy (non-hydrogen) atoms. The molecule has 1 atom stereocenters. The molecule has 0 saturated heterocycles. The Labute approximate surface area is 50.1 Å². The average Bonchev–Trinajstić information content (AvgIpc) is 1.64. The van der Waals surface area contributed by atoms with Gasteiger partial charge in [0.15, 0.2) is 0 Å². The molecule has 2 N–H and O–H groups in total. The van der Waals surface area contributed by atoms with E-state index >= 15 is 0 Å². The summed E-state index contributed by atoms with van der Waals surface area (Å²) in [6.45, 7) is 5.39. The molecule has 2 heteroatoms. The second kappa shape index (κ2) is 2.82. The van der Waals surface area contributed by atoms with Crippen LogP contribution in [-0.2, 0) is 4.79 Å². The van der Waals surface area contributed by atoms with Crippen LogP contribution in [0, 0.1) is 5.92 Å². The van der Waals surface area contributed by atoms with Crippen molar-refractivity contribution in [2.75, 3.05) is 0 Å². The number of carbonyl (C=O) groups excluding carboxylic acids is 1. The van der Waals surface area contributed by atoms with Gasteiger partial charge in [-0.1, -0.05) is 13.8 Å². The van der Waals surface area contributed by atoms with E-state index in [1.54, 1.807) is 0 Å². The van der Waals surface area contributed by atoms with Gasteiger partial charge >= 0.3 is 0 Å². The summed E-state index contributed by atoms with van der Waals surface area (Å²) < 4.78 is 0. The molecule has 0 radical (unpaired) electrons. The number of carbonyl (C=O) groups is 1. The summed E-state index contributed by atoms with van der Waals surface area (Å²) in [5.41, 5.74) is 5.41. The highest BCUT2D eigenvalue weighted by atomic mass is 16.1. The van der Waals surface area contributed by atoms with E-state index in [2.05, 4.69) is 0 Å². The normalized spacial score (nSPS) is 14.1. The van der Waals surface area contributed by atoms with Gasteiger partial charge in [0.25, 0.3) is 0 Å². The monoisotopic (exact) mass is 115 g/mol. The second-order valence-electron chi connectivity index (χ2n) is 2.38. The lowest BCUT2D eigenvalue weighted by Crippen LogP contribution is -2.33. The van der Waals surface area contributed by atoms with Gasteiger partial charge in [-0.2, -0.15) is 0 Å². The molecule has 0 saturated carbocycles. The fourth-order valence-corrected chi connectivity index (χ4v) is 0.469. The molecule has 0 aromatic heterocycles.